The first-order chi connectivity index (χ1) is 13.2. The van der Waals surface area contributed by atoms with Gasteiger partial charge in [0.25, 0.3) is 5.91 Å². The molecule has 27 heavy (non-hydrogen) atoms. The summed E-state index contributed by atoms with van der Waals surface area (Å²) >= 11 is 0. The molecule has 0 bridgehead atoms. The van der Waals surface area contributed by atoms with Gasteiger partial charge in [-0.2, -0.15) is 5.10 Å². The Morgan fingerprint density at radius 1 is 1.33 bits per heavy atom. The molecule has 3 aromatic rings. The minimum Gasteiger partial charge on any atom is -0.497 e. The maximum absolute atomic E-state index is 13.4. The van der Waals surface area contributed by atoms with E-state index in [-0.39, 0.29) is 11.9 Å². The number of rotatable bonds is 4. The summed E-state index contributed by atoms with van der Waals surface area (Å²) in [7, 11) is 1.62. The molecule has 1 amide bonds. The number of H-pyrrole nitrogens is 1. The number of ether oxygens (including phenoxy) is 1. The number of aryl methyl sites for hydroxylation is 1. The van der Waals surface area contributed by atoms with E-state index in [0.717, 1.165) is 42.0 Å². The van der Waals surface area contributed by atoms with Crippen molar-refractivity contribution in [2.24, 2.45) is 0 Å². The summed E-state index contributed by atoms with van der Waals surface area (Å²) in [5.41, 5.74) is 2.92. The van der Waals surface area contributed by atoms with Crippen LogP contribution in [0.2, 0.25) is 0 Å². The lowest BCUT2D eigenvalue weighted by Gasteiger charge is -2.34. The van der Waals surface area contributed by atoms with E-state index in [1.165, 1.54) is 0 Å². The predicted octanol–water partition coefficient (Wildman–Crippen LogP) is 3.75. The molecule has 0 spiro atoms. The molecule has 140 valence electrons. The van der Waals surface area contributed by atoms with Crippen LogP contribution in [0.1, 0.15) is 47.1 Å². The summed E-state index contributed by atoms with van der Waals surface area (Å²) in [6, 6.07) is 9.42. The highest BCUT2D eigenvalue weighted by atomic mass is 16.5. The van der Waals surface area contributed by atoms with Gasteiger partial charge in [0.1, 0.15) is 17.2 Å². The van der Waals surface area contributed by atoms with Gasteiger partial charge in [-0.05, 0) is 38.3 Å². The zero-order valence-corrected chi connectivity index (χ0v) is 15.4. The summed E-state index contributed by atoms with van der Waals surface area (Å²) in [6.07, 6.45) is 4.51. The molecule has 1 fully saturated rings. The van der Waals surface area contributed by atoms with Gasteiger partial charge in [-0.25, -0.2) is 0 Å². The molecule has 1 aliphatic rings. The molecular formula is C20H22N4O3. The average Bonchev–Trinajstić information content (AvgIpc) is 3.36. The third-order valence-corrected chi connectivity index (χ3v) is 4.98. The third kappa shape index (κ3) is 3.32. The number of carbonyl (C=O) groups excluding carboxylic acids is 1. The second kappa shape index (κ2) is 7.26. The summed E-state index contributed by atoms with van der Waals surface area (Å²) in [5.74, 6) is 1.43. The Morgan fingerprint density at radius 3 is 3.00 bits per heavy atom. The molecule has 1 aliphatic heterocycles. The van der Waals surface area contributed by atoms with E-state index < -0.39 is 0 Å². The van der Waals surface area contributed by atoms with E-state index in [9.17, 15) is 4.79 Å². The highest BCUT2D eigenvalue weighted by Gasteiger charge is 2.32. The van der Waals surface area contributed by atoms with Crippen LogP contribution < -0.4 is 4.74 Å². The Balaban J connectivity index is 1.67. The standard InChI is InChI=1S/C20H22N4O3/c1-13-10-17(23-27-13)18-8-3-4-9-24(18)20(25)16-12-21-22-19(16)14-6-5-7-15(11-14)26-2/h5-7,10-12,18H,3-4,8-9H2,1-2H3,(H,21,22)/t18-/m1/s1. The highest BCUT2D eigenvalue weighted by Crippen LogP contribution is 2.33. The average molecular weight is 366 g/mol. The van der Waals surface area contributed by atoms with Crippen molar-refractivity contribution in [1.82, 2.24) is 20.3 Å². The van der Waals surface area contributed by atoms with E-state index in [1.54, 1.807) is 13.3 Å². The van der Waals surface area contributed by atoms with E-state index in [4.69, 9.17) is 9.26 Å². The number of methoxy groups -OCH3 is 1. The molecule has 0 saturated carbocycles. The third-order valence-electron chi connectivity index (χ3n) is 4.98. The number of carbonyl (C=O) groups is 1. The number of piperidine rings is 1. The van der Waals surface area contributed by atoms with Gasteiger partial charge in [0, 0.05) is 18.2 Å². The SMILES string of the molecule is COc1cccc(-c2[nH]ncc2C(=O)N2CCCC[C@@H]2c2cc(C)on2)c1. The van der Waals surface area contributed by atoms with Gasteiger partial charge in [-0.3, -0.25) is 9.89 Å². The minimum absolute atomic E-state index is 0.0491. The lowest BCUT2D eigenvalue weighted by atomic mass is 9.97. The van der Waals surface area contributed by atoms with Crippen LogP contribution in [-0.4, -0.2) is 39.8 Å². The fourth-order valence-corrected chi connectivity index (χ4v) is 3.63. The molecule has 3 heterocycles. The lowest BCUT2D eigenvalue weighted by molar-refractivity contribution is 0.0603. The molecule has 0 radical (unpaired) electrons. The van der Waals surface area contributed by atoms with E-state index in [2.05, 4.69) is 15.4 Å². The van der Waals surface area contributed by atoms with Gasteiger partial charge in [-0.15, -0.1) is 0 Å². The number of likely N-dealkylation sites (tertiary alicyclic amines) is 1. The summed E-state index contributed by atoms with van der Waals surface area (Å²) in [4.78, 5) is 15.3. The first-order valence-electron chi connectivity index (χ1n) is 9.09. The molecule has 1 aromatic carbocycles. The summed E-state index contributed by atoms with van der Waals surface area (Å²) in [5, 5.41) is 11.2. The zero-order chi connectivity index (χ0) is 18.8. The van der Waals surface area contributed by atoms with Crippen LogP contribution >= 0.6 is 0 Å². The maximum atomic E-state index is 13.4. The Kier molecular flexibility index (Phi) is 4.66. The number of amides is 1. The van der Waals surface area contributed by atoms with Crippen molar-refractivity contribution >= 4 is 5.91 Å². The fraction of sp³-hybridized carbons (Fsp3) is 0.350. The van der Waals surface area contributed by atoms with Crippen LogP contribution in [0.5, 0.6) is 5.75 Å². The molecule has 7 heteroatoms. The predicted molar refractivity (Wildman–Crippen MR) is 99.4 cm³/mol. The highest BCUT2D eigenvalue weighted by molar-refractivity contribution is 6.00. The molecule has 7 nitrogen and oxygen atoms in total. The first kappa shape index (κ1) is 17.3. The largest absolute Gasteiger partial charge is 0.497 e. The van der Waals surface area contributed by atoms with Crippen molar-refractivity contribution < 1.29 is 14.1 Å². The van der Waals surface area contributed by atoms with Gasteiger partial charge < -0.3 is 14.2 Å². The van der Waals surface area contributed by atoms with Crippen LogP contribution in [0.4, 0.5) is 0 Å². The van der Waals surface area contributed by atoms with E-state index >= 15 is 0 Å². The molecule has 0 aliphatic carbocycles. The normalized spacial score (nSPS) is 17.1. The Morgan fingerprint density at radius 2 is 2.22 bits per heavy atom. The summed E-state index contributed by atoms with van der Waals surface area (Å²) < 4.78 is 10.5. The number of hydrogen-bond donors (Lipinski definition) is 1. The number of nitrogens with zero attached hydrogens (tertiary/aromatic N) is 3. The van der Waals surface area contributed by atoms with Gasteiger partial charge in [0.2, 0.25) is 0 Å². The number of aromatic nitrogens is 3. The van der Waals surface area contributed by atoms with Gasteiger partial charge in [0.05, 0.1) is 30.6 Å². The quantitative estimate of drug-likeness (QED) is 0.760. The van der Waals surface area contributed by atoms with Crippen LogP contribution in [0.3, 0.4) is 0 Å². The number of hydrogen-bond acceptors (Lipinski definition) is 5. The number of benzene rings is 1. The number of aromatic amines is 1. The molecule has 1 atom stereocenters. The maximum Gasteiger partial charge on any atom is 0.258 e. The summed E-state index contributed by atoms with van der Waals surface area (Å²) in [6.45, 7) is 2.56. The Labute approximate surface area is 157 Å². The van der Waals surface area contributed by atoms with Gasteiger partial charge >= 0.3 is 0 Å². The second-order valence-electron chi connectivity index (χ2n) is 6.76. The van der Waals surface area contributed by atoms with Crippen molar-refractivity contribution in [2.75, 3.05) is 13.7 Å². The van der Waals surface area contributed by atoms with Crippen LogP contribution in [-0.2, 0) is 0 Å². The van der Waals surface area contributed by atoms with Crippen LogP contribution in [0.15, 0.2) is 41.1 Å². The minimum atomic E-state index is -0.0724. The zero-order valence-electron chi connectivity index (χ0n) is 15.4. The smallest absolute Gasteiger partial charge is 0.258 e. The topological polar surface area (TPSA) is 84.2 Å². The molecule has 4 rings (SSSR count). The van der Waals surface area contributed by atoms with E-state index in [1.807, 2.05) is 42.2 Å². The van der Waals surface area contributed by atoms with Crippen molar-refractivity contribution in [3.63, 3.8) is 0 Å². The monoisotopic (exact) mass is 366 g/mol. The Bertz CT molecular complexity index is 946. The van der Waals surface area contributed by atoms with Crippen molar-refractivity contribution in [1.29, 1.82) is 0 Å². The molecule has 0 unspecified atom stereocenters. The van der Waals surface area contributed by atoms with Crippen molar-refractivity contribution in [3.05, 3.63) is 53.5 Å². The van der Waals surface area contributed by atoms with Crippen molar-refractivity contribution in [3.8, 4) is 17.0 Å². The number of nitrogens with one attached hydrogen (secondary N) is 1. The second-order valence-corrected chi connectivity index (χ2v) is 6.76. The van der Waals surface area contributed by atoms with Gasteiger partial charge in [0.15, 0.2) is 0 Å². The van der Waals surface area contributed by atoms with Crippen LogP contribution in [0, 0.1) is 6.92 Å². The molecular weight excluding hydrogens is 344 g/mol. The molecule has 2 aromatic heterocycles. The van der Waals surface area contributed by atoms with Crippen molar-refractivity contribution in [2.45, 2.75) is 32.2 Å². The Hall–Kier alpha value is -3.09. The molecule has 1 N–H and O–H groups in total. The van der Waals surface area contributed by atoms with Crippen LogP contribution in [0.25, 0.3) is 11.3 Å². The molecule has 1 saturated heterocycles. The fourth-order valence-electron chi connectivity index (χ4n) is 3.63. The first-order valence-corrected chi connectivity index (χ1v) is 9.09. The van der Waals surface area contributed by atoms with Gasteiger partial charge in [-0.1, -0.05) is 17.3 Å². The lowest BCUT2D eigenvalue weighted by Crippen LogP contribution is -2.38. The van der Waals surface area contributed by atoms with E-state index in [0.29, 0.717) is 17.8 Å².